The summed E-state index contributed by atoms with van der Waals surface area (Å²) in [5.41, 5.74) is 0.522. The summed E-state index contributed by atoms with van der Waals surface area (Å²) >= 11 is 0. The van der Waals surface area contributed by atoms with Crippen molar-refractivity contribution in [2.45, 2.75) is 38.6 Å². The van der Waals surface area contributed by atoms with Crippen LogP contribution in [0.1, 0.15) is 38.7 Å². The fourth-order valence-corrected chi connectivity index (χ4v) is 1.80. The van der Waals surface area contributed by atoms with Crippen LogP contribution in [0.15, 0.2) is 24.3 Å². The molecule has 1 amide bonds. The molecule has 0 aliphatic carbocycles. The van der Waals surface area contributed by atoms with E-state index in [0.29, 0.717) is 6.42 Å². The molecule has 0 aliphatic rings. The number of carbonyl (C=O) groups is 1. The van der Waals surface area contributed by atoms with Crippen LogP contribution in [0.25, 0.3) is 0 Å². The lowest BCUT2D eigenvalue weighted by Crippen LogP contribution is -2.46. The Hall–Kier alpha value is -1.55. The molecule has 0 fully saturated rings. The Labute approximate surface area is 114 Å². The van der Waals surface area contributed by atoms with Gasteiger partial charge in [-0.25, -0.2) is 0 Å². The summed E-state index contributed by atoms with van der Waals surface area (Å²) < 4.78 is 5.10. The molecule has 1 rings (SSSR count). The summed E-state index contributed by atoms with van der Waals surface area (Å²) in [7, 11) is 1.63. The standard InChI is InChI=1S/C15H23NO3/c1-11(9-14(18)16-15(2,3)10-17)12-5-7-13(19-4)8-6-12/h5-8,11,17H,9-10H2,1-4H3,(H,16,18)/t11-/m1/s1. The summed E-state index contributed by atoms with van der Waals surface area (Å²) in [4.78, 5) is 11.9. The zero-order chi connectivity index (χ0) is 14.5. The summed E-state index contributed by atoms with van der Waals surface area (Å²) in [6, 6.07) is 7.71. The largest absolute Gasteiger partial charge is 0.497 e. The molecule has 0 heterocycles. The third-order valence-electron chi connectivity index (χ3n) is 3.05. The molecule has 106 valence electrons. The topological polar surface area (TPSA) is 58.6 Å². The van der Waals surface area contributed by atoms with Crippen LogP contribution >= 0.6 is 0 Å². The van der Waals surface area contributed by atoms with E-state index in [4.69, 9.17) is 9.84 Å². The maximum Gasteiger partial charge on any atom is 0.221 e. The van der Waals surface area contributed by atoms with E-state index in [1.165, 1.54) is 0 Å². The van der Waals surface area contributed by atoms with Gasteiger partial charge in [0, 0.05) is 6.42 Å². The minimum atomic E-state index is -0.573. The van der Waals surface area contributed by atoms with Gasteiger partial charge < -0.3 is 15.2 Å². The van der Waals surface area contributed by atoms with Crippen molar-refractivity contribution in [1.82, 2.24) is 5.32 Å². The first-order valence-electron chi connectivity index (χ1n) is 6.44. The van der Waals surface area contributed by atoms with Crippen LogP contribution < -0.4 is 10.1 Å². The molecule has 0 bridgehead atoms. The number of aliphatic hydroxyl groups is 1. The van der Waals surface area contributed by atoms with Gasteiger partial charge in [0.05, 0.1) is 19.3 Å². The van der Waals surface area contributed by atoms with Gasteiger partial charge in [-0.3, -0.25) is 4.79 Å². The molecule has 2 N–H and O–H groups in total. The van der Waals surface area contributed by atoms with Crippen LogP contribution in [0.5, 0.6) is 5.75 Å². The minimum Gasteiger partial charge on any atom is -0.497 e. The van der Waals surface area contributed by atoms with Gasteiger partial charge in [-0.15, -0.1) is 0 Å². The summed E-state index contributed by atoms with van der Waals surface area (Å²) in [5.74, 6) is 0.879. The lowest BCUT2D eigenvalue weighted by atomic mass is 9.96. The fourth-order valence-electron chi connectivity index (χ4n) is 1.80. The van der Waals surface area contributed by atoms with Crippen molar-refractivity contribution in [3.05, 3.63) is 29.8 Å². The second-order valence-electron chi connectivity index (χ2n) is 5.47. The Morgan fingerprint density at radius 3 is 2.42 bits per heavy atom. The molecule has 0 aliphatic heterocycles. The molecule has 1 aromatic carbocycles. The van der Waals surface area contributed by atoms with Crippen LogP contribution in [0.4, 0.5) is 0 Å². The van der Waals surface area contributed by atoms with Gasteiger partial charge in [0.2, 0.25) is 5.91 Å². The number of ether oxygens (including phenoxy) is 1. The van der Waals surface area contributed by atoms with Crippen molar-refractivity contribution >= 4 is 5.91 Å². The number of amides is 1. The average molecular weight is 265 g/mol. The third kappa shape index (κ3) is 4.91. The second kappa shape index (κ2) is 6.57. The summed E-state index contributed by atoms with van der Waals surface area (Å²) in [6.45, 7) is 5.52. The first kappa shape index (κ1) is 15.5. The Bertz CT molecular complexity index is 412. The molecular formula is C15H23NO3. The van der Waals surface area contributed by atoms with Crippen LogP contribution in [0, 0.1) is 0 Å². The Kier molecular flexibility index (Phi) is 5.36. The molecule has 4 nitrogen and oxygen atoms in total. The third-order valence-corrected chi connectivity index (χ3v) is 3.05. The molecule has 0 saturated carbocycles. The Morgan fingerprint density at radius 1 is 1.37 bits per heavy atom. The lowest BCUT2D eigenvalue weighted by molar-refractivity contribution is -0.123. The van der Waals surface area contributed by atoms with E-state index in [-0.39, 0.29) is 18.4 Å². The van der Waals surface area contributed by atoms with Crippen LogP contribution in [0.3, 0.4) is 0 Å². The molecule has 0 saturated heterocycles. The minimum absolute atomic E-state index is 0.0534. The zero-order valence-electron chi connectivity index (χ0n) is 12.1. The van der Waals surface area contributed by atoms with Crippen molar-refractivity contribution in [1.29, 1.82) is 0 Å². The van der Waals surface area contributed by atoms with Crippen LogP contribution in [0.2, 0.25) is 0 Å². The number of hydrogen-bond donors (Lipinski definition) is 2. The molecule has 0 aromatic heterocycles. The summed E-state index contributed by atoms with van der Waals surface area (Å²) in [5, 5.41) is 11.9. The van der Waals surface area contributed by atoms with Crippen molar-refractivity contribution < 1.29 is 14.6 Å². The maximum absolute atomic E-state index is 11.9. The number of methoxy groups -OCH3 is 1. The van der Waals surface area contributed by atoms with E-state index >= 15 is 0 Å². The molecule has 4 heteroatoms. The van der Waals surface area contributed by atoms with Crippen molar-refractivity contribution in [2.75, 3.05) is 13.7 Å². The van der Waals surface area contributed by atoms with Gasteiger partial charge >= 0.3 is 0 Å². The first-order valence-corrected chi connectivity index (χ1v) is 6.44. The van der Waals surface area contributed by atoms with Gasteiger partial charge in [-0.2, -0.15) is 0 Å². The SMILES string of the molecule is COc1ccc([C@H](C)CC(=O)NC(C)(C)CO)cc1. The van der Waals surface area contributed by atoms with Gasteiger partial charge in [-0.1, -0.05) is 19.1 Å². The van der Waals surface area contributed by atoms with Crippen LogP contribution in [-0.4, -0.2) is 30.3 Å². The number of nitrogens with one attached hydrogen (secondary N) is 1. The molecule has 1 atom stereocenters. The van der Waals surface area contributed by atoms with Gasteiger partial charge in [0.15, 0.2) is 0 Å². The first-order chi connectivity index (χ1) is 8.88. The molecule has 0 unspecified atom stereocenters. The maximum atomic E-state index is 11.9. The van der Waals surface area contributed by atoms with Crippen molar-refractivity contribution in [3.63, 3.8) is 0 Å². The number of aliphatic hydroxyl groups excluding tert-OH is 1. The number of carbonyl (C=O) groups excluding carboxylic acids is 1. The van der Waals surface area contributed by atoms with E-state index in [1.54, 1.807) is 21.0 Å². The number of hydrogen-bond acceptors (Lipinski definition) is 3. The van der Waals surface area contributed by atoms with Gasteiger partial charge in [0.1, 0.15) is 5.75 Å². The van der Waals surface area contributed by atoms with E-state index in [1.807, 2.05) is 31.2 Å². The van der Waals surface area contributed by atoms with Gasteiger partial charge in [-0.05, 0) is 37.5 Å². The molecule has 1 aromatic rings. The zero-order valence-corrected chi connectivity index (χ0v) is 12.1. The molecule has 0 spiro atoms. The van der Waals surface area contributed by atoms with E-state index in [2.05, 4.69) is 5.32 Å². The Balaban J connectivity index is 2.58. The van der Waals surface area contributed by atoms with E-state index in [9.17, 15) is 4.79 Å². The summed E-state index contributed by atoms with van der Waals surface area (Å²) in [6.07, 6.45) is 0.399. The highest BCUT2D eigenvalue weighted by Gasteiger charge is 2.20. The Morgan fingerprint density at radius 2 is 1.95 bits per heavy atom. The normalized spacial score (nSPS) is 12.9. The quantitative estimate of drug-likeness (QED) is 0.828. The smallest absolute Gasteiger partial charge is 0.221 e. The predicted octanol–water partition coefficient (Wildman–Crippen LogP) is 2.08. The molecule has 0 radical (unpaired) electrons. The van der Waals surface area contributed by atoms with Crippen LogP contribution in [-0.2, 0) is 4.79 Å². The van der Waals surface area contributed by atoms with E-state index in [0.717, 1.165) is 11.3 Å². The van der Waals surface area contributed by atoms with Crippen molar-refractivity contribution in [3.8, 4) is 5.75 Å². The van der Waals surface area contributed by atoms with Crippen molar-refractivity contribution in [2.24, 2.45) is 0 Å². The average Bonchev–Trinajstić information content (AvgIpc) is 2.38. The second-order valence-corrected chi connectivity index (χ2v) is 5.47. The van der Waals surface area contributed by atoms with E-state index < -0.39 is 5.54 Å². The fraction of sp³-hybridized carbons (Fsp3) is 0.533. The highest BCUT2D eigenvalue weighted by molar-refractivity contribution is 5.77. The highest BCUT2D eigenvalue weighted by atomic mass is 16.5. The molecule has 19 heavy (non-hydrogen) atoms. The predicted molar refractivity (Wildman–Crippen MR) is 75.3 cm³/mol. The van der Waals surface area contributed by atoms with Gasteiger partial charge in [0.25, 0.3) is 0 Å². The highest BCUT2D eigenvalue weighted by Crippen LogP contribution is 2.22. The number of benzene rings is 1. The monoisotopic (exact) mass is 265 g/mol. The lowest BCUT2D eigenvalue weighted by Gasteiger charge is -2.24. The number of rotatable bonds is 6. The molecular weight excluding hydrogens is 242 g/mol.